The highest BCUT2D eigenvalue weighted by atomic mass is 35.5. The summed E-state index contributed by atoms with van der Waals surface area (Å²) in [6.45, 7) is -0.140. The van der Waals surface area contributed by atoms with Gasteiger partial charge in [0.2, 0.25) is 0 Å². The topological polar surface area (TPSA) is 83.5 Å². The van der Waals surface area contributed by atoms with E-state index in [1.807, 2.05) is 12.1 Å². The molecule has 0 saturated carbocycles. The summed E-state index contributed by atoms with van der Waals surface area (Å²) in [7, 11) is -3.31. The minimum Gasteiger partial charge on any atom is -0.480 e. The van der Waals surface area contributed by atoms with Crippen molar-refractivity contribution >= 4 is 33.1 Å². The second-order valence-electron chi connectivity index (χ2n) is 5.32. The number of nitrogens with one attached hydrogen (secondary N) is 1. The molecule has 0 amide bonds. The largest absolute Gasteiger partial charge is 0.480 e. The minimum absolute atomic E-state index is 0.0631. The summed E-state index contributed by atoms with van der Waals surface area (Å²) < 4.78 is 24.5. The van der Waals surface area contributed by atoms with Gasteiger partial charge in [-0.2, -0.15) is 0 Å². The molecule has 128 valence electrons. The Balaban J connectivity index is 1.87. The lowest BCUT2D eigenvalue weighted by molar-refractivity contribution is -0.134. The van der Waals surface area contributed by atoms with Crippen molar-refractivity contribution in [2.24, 2.45) is 0 Å². The Morgan fingerprint density at radius 2 is 1.67 bits per heavy atom. The third kappa shape index (κ3) is 5.54. The molecule has 0 unspecified atom stereocenters. The van der Waals surface area contributed by atoms with Gasteiger partial charge < -0.3 is 10.4 Å². The predicted molar refractivity (Wildman–Crippen MR) is 94.4 cm³/mol. The van der Waals surface area contributed by atoms with E-state index < -0.39 is 15.8 Å². The Bertz CT molecular complexity index is 786. The lowest BCUT2D eigenvalue weighted by atomic mass is 10.1. The van der Waals surface area contributed by atoms with Crippen LogP contribution >= 0.6 is 11.6 Å². The number of carbonyl (C=O) groups is 1. The molecule has 0 heterocycles. The number of sulfone groups is 1. The molecular weight excluding hydrogens is 350 g/mol. The number of carboxylic acids is 1. The Hall–Kier alpha value is -2.05. The number of carboxylic acid groups (broad SMARTS) is 1. The summed E-state index contributed by atoms with van der Waals surface area (Å²) in [5, 5.41) is 11.9. The number of aryl methyl sites for hydroxylation is 1. The first-order valence-electron chi connectivity index (χ1n) is 7.40. The Kier molecular flexibility index (Phi) is 6.23. The molecule has 7 heteroatoms. The van der Waals surface area contributed by atoms with Crippen LogP contribution in [0.25, 0.3) is 0 Å². The molecule has 0 aliphatic rings. The van der Waals surface area contributed by atoms with E-state index in [4.69, 9.17) is 16.7 Å². The molecule has 2 aromatic carbocycles. The van der Waals surface area contributed by atoms with Crippen LogP contribution in [0.1, 0.15) is 12.0 Å². The van der Waals surface area contributed by atoms with Crippen molar-refractivity contribution in [3.05, 3.63) is 59.1 Å². The van der Waals surface area contributed by atoms with Crippen LogP contribution in [0.2, 0.25) is 5.02 Å². The summed E-state index contributed by atoms with van der Waals surface area (Å²) in [5.74, 6) is -0.861. The van der Waals surface area contributed by atoms with E-state index in [0.717, 1.165) is 11.3 Å². The average Bonchev–Trinajstić information content (AvgIpc) is 2.54. The first-order chi connectivity index (χ1) is 11.4. The van der Waals surface area contributed by atoms with Crippen LogP contribution in [0.15, 0.2) is 53.4 Å². The Morgan fingerprint density at radius 1 is 1.04 bits per heavy atom. The fourth-order valence-electron chi connectivity index (χ4n) is 2.19. The third-order valence-corrected chi connectivity index (χ3v) is 5.52. The fraction of sp³-hybridized carbons (Fsp3) is 0.235. The molecule has 0 bridgehead atoms. The van der Waals surface area contributed by atoms with Crippen molar-refractivity contribution in [3.63, 3.8) is 0 Å². The second-order valence-corrected chi connectivity index (χ2v) is 7.87. The van der Waals surface area contributed by atoms with Gasteiger partial charge in [0.15, 0.2) is 9.84 Å². The van der Waals surface area contributed by atoms with Gasteiger partial charge in [-0.05, 0) is 54.8 Å². The maximum atomic E-state index is 12.2. The fourth-order valence-corrected chi connectivity index (χ4v) is 3.63. The van der Waals surface area contributed by atoms with Crippen molar-refractivity contribution < 1.29 is 18.3 Å². The number of halogens is 1. The van der Waals surface area contributed by atoms with Crippen molar-refractivity contribution in [2.45, 2.75) is 17.7 Å². The molecule has 0 aliphatic carbocycles. The number of aliphatic carboxylic acids is 1. The summed E-state index contributed by atoms with van der Waals surface area (Å²) in [5.41, 5.74) is 1.72. The number of hydrogen-bond donors (Lipinski definition) is 2. The van der Waals surface area contributed by atoms with Gasteiger partial charge in [0.25, 0.3) is 0 Å². The highest BCUT2D eigenvalue weighted by Gasteiger charge is 2.13. The van der Waals surface area contributed by atoms with Crippen LogP contribution in [0, 0.1) is 0 Å². The van der Waals surface area contributed by atoms with E-state index in [2.05, 4.69) is 5.32 Å². The van der Waals surface area contributed by atoms with E-state index >= 15 is 0 Å². The predicted octanol–water partition coefficient (Wildman–Crippen LogP) is 3.24. The van der Waals surface area contributed by atoms with Crippen LogP contribution in [0.5, 0.6) is 0 Å². The van der Waals surface area contributed by atoms with E-state index in [1.165, 1.54) is 12.1 Å². The molecule has 24 heavy (non-hydrogen) atoms. The van der Waals surface area contributed by atoms with Gasteiger partial charge in [-0.1, -0.05) is 23.7 Å². The summed E-state index contributed by atoms with van der Waals surface area (Å²) in [4.78, 5) is 10.8. The first kappa shape index (κ1) is 18.3. The summed E-state index contributed by atoms with van der Waals surface area (Å²) >= 11 is 5.77. The first-order valence-corrected chi connectivity index (χ1v) is 9.43. The molecule has 0 aliphatic heterocycles. The molecule has 2 aromatic rings. The number of anilines is 1. The van der Waals surface area contributed by atoms with Gasteiger partial charge in [0, 0.05) is 10.7 Å². The molecule has 0 saturated heterocycles. The van der Waals surface area contributed by atoms with E-state index in [0.29, 0.717) is 17.9 Å². The molecule has 5 nitrogen and oxygen atoms in total. The van der Waals surface area contributed by atoms with Crippen LogP contribution < -0.4 is 5.32 Å². The van der Waals surface area contributed by atoms with Crippen LogP contribution in [-0.2, 0) is 21.1 Å². The lowest BCUT2D eigenvalue weighted by Crippen LogP contribution is -2.12. The van der Waals surface area contributed by atoms with E-state index in [1.54, 1.807) is 24.3 Å². The van der Waals surface area contributed by atoms with Gasteiger partial charge in [-0.25, -0.2) is 8.42 Å². The number of hydrogen-bond acceptors (Lipinski definition) is 4. The zero-order chi connectivity index (χ0) is 17.6. The van der Waals surface area contributed by atoms with Crippen LogP contribution in [-0.4, -0.2) is 31.8 Å². The second kappa shape index (κ2) is 8.17. The quantitative estimate of drug-likeness (QED) is 0.748. The summed E-state index contributed by atoms with van der Waals surface area (Å²) in [6, 6.07) is 13.5. The van der Waals surface area contributed by atoms with Crippen LogP contribution in [0.3, 0.4) is 0 Å². The van der Waals surface area contributed by atoms with E-state index in [-0.39, 0.29) is 17.2 Å². The van der Waals surface area contributed by atoms with Crippen molar-refractivity contribution in [3.8, 4) is 0 Å². The standard InChI is InChI=1S/C17H18ClNO4S/c18-14-5-9-16(10-6-14)24(22,23)11-1-2-13-3-7-15(8-4-13)19-12-17(20)21/h3-10,19H,1-2,11-12H2,(H,20,21). The van der Waals surface area contributed by atoms with Crippen molar-refractivity contribution in [1.29, 1.82) is 0 Å². The van der Waals surface area contributed by atoms with Crippen molar-refractivity contribution in [2.75, 3.05) is 17.6 Å². The Labute approximate surface area is 146 Å². The summed E-state index contributed by atoms with van der Waals surface area (Å²) in [6.07, 6.45) is 1.14. The van der Waals surface area contributed by atoms with Crippen molar-refractivity contribution in [1.82, 2.24) is 0 Å². The molecule has 0 atom stereocenters. The zero-order valence-electron chi connectivity index (χ0n) is 12.9. The minimum atomic E-state index is -3.31. The lowest BCUT2D eigenvalue weighted by Gasteiger charge is -2.07. The molecule has 0 radical (unpaired) electrons. The van der Waals surface area contributed by atoms with Gasteiger partial charge in [0.1, 0.15) is 6.54 Å². The highest BCUT2D eigenvalue weighted by Crippen LogP contribution is 2.17. The maximum Gasteiger partial charge on any atom is 0.322 e. The van der Waals surface area contributed by atoms with Gasteiger partial charge in [0.05, 0.1) is 10.6 Å². The molecule has 0 spiro atoms. The molecular formula is C17H18ClNO4S. The normalized spacial score (nSPS) is 11.2. The molecule has 0 fully saturated rings. The van der Waals surface area contributed by atoms with Gasteiger partial charge >= 0.3 is 5.97 Å². The Morgan fingerprint density at radius 3 is 2.25 bits per heavy atom. The molecule has 0 aromatic heterocycles. The smallest absolute Gasteiger partial charge is 0.322 e. The number of rotatable bonds is 8. The van der Waals surface area contributed by atoms with Gasteiger partial charge in [-0.3, -0.25) is 4.79 Å². The van der Waals surface area contributed by atoms with E-state index in [9.17, 15) is 13.2 Å². The SMILES string of the molecule is O=C(O)CNc1ccc(CCCS(=O)(=O)c2ccc(Cl)cc2)cc1. The molecule has 2 N–H and O–H groups in total. The highest BCUT2D eigenvalue weighted by molar-refractivity contribution is 7.91. The van der Waals surface area contributed by atoms with Crippen LogP contribution in [0.4, 0.5) is 5.69 Å². The molecule has 2 rings (SSSR count). The third-order valence-electron chi connectivity index (χ3n) is 3.45. The average molecular weight is 368 g/mol. The monoisotopic (exact) mass is 367 g/mol. The maximum absolute atomic E-state index is 12.2. The zero-order valence-corrected chi connectivity index (χ0v) is 14.5. The number of benzene rings is 2. The van der Waals surface area contributed by atoms with Gasteiger partial charge in [-0.15, -0.1) is 0 Å².